The van der Waals surface area contributed by atoms with Crippen LogP contribution < -0.4 is 11.1 Å². The van der Waals surface area contributed by atoms with Gasteiger partial charge in [0.2, 0.25) is 0 Å². The molecule has 0 aliphatic carbocycles. The summed E-state index contributed by atoms with van der Waals surface area (Å²) in [6.07, 6.45) is 3.46. The van der Waals surface area contributed by atoms with Crippen LogP contribution >= 0.6 is 11.5 Å². The minimum Gasteiger partial charge on any atom is -0.396 e. The summed E-state index contributed by atoms with van der Waals surface area (Å²) in [6, 6.07) is 3.81. The number of pyridine rings is 1. The zero-order chi connectivity index (χ0) is 13.0. The summed E-state index contributed by atoms with van der Waals surface area (Å²) >= 11 is 1.34. The SMILES string of the molecule is CC(CO)CNc1snc(N)c1-c1ccncc1. The summed E-state index contributed by atoms with van der Waals surface area (Å²) in [5, 5.41) is 13.2. The molecule has 0 radical (unpaired) electrons. The molecule has 4 N–H and O–H groups in total. The Morgan fingerprint density at radius 1 is 1.44 bits per heavy atom. The van der Waals surface area contributed by atoms with Gasteiger partial charge in [-0.1, -0.05) is 6.92 Å². The van der Waals surface area contributed by atoms with Crippen LogP contribution in [0.1, 0.15) is 6.92 Å². The Balaban J connectivity index is 2.23. The lowest BCUT2D eigenvalue weighted by Gasteiger charge is -2.10. The Hall–Kier alpha value is -1.66. The van der Waals surface area contributed by atoms with E-state index in [9.17, 15) is 0 Å². The van der Waals surface area contributed by atoms with Crippen molar-refractivity contribution in [3.63, 3.8) is 0 Å². The maximum Gasteiger partial charge on any atom is 0.147 e. The molecule has 0 aromatic carbocycles. The first-order valence-electron chi connectivity index (χ1n) is 5.72. The second-order valence-corrected chi connectivity index (χ2v) is 4.95. The van der Waals surface area contributed by atoms with Gasteiger partial charge in [0.05, 0.1) is 5.56 Å². The number of nitrogens with two attached hydrogens (primary N) is 1. The topological polar surface area (TPSA) is 84.1 Å². The van der Waals surface area contributed by atoms with Crippen molar-refractivity contribution in [2.24, 2.45) is 5.92 Å². The Labute approximate surface area is 110 Å². The Morgan fingerprint density at radius 3 is 2.83 bits per heavy atom. The second-order valence-electron chi connectivity index (χ2n) is 4.18. The molecule has 0 saturated carbocycles. The first-order valence-corrected chi connectivity index (χ1v) is 6.50. The Bertz CT molecular complexity index is 500. The van der Waals surface area contributed by atoms with Gasteiger partial charge in [-0.05, 0) is 35.1 Å². The molecule has 0 aliphatic heterocycles. The van der Waals surface area contributed by atoms with Crippen LogP contribution in [0.25, 0.3) is 11.1 Å². The molecule has 0 amide bonds. The molecule has 0 saturated heterocycles. The first kappa shape index (κ1) is 12.8. The van der Waals surface area contributed by atoms with Crippen LogP contribution in [0, 0.1) is 5.92 Å². The number of hydrogen-bond donors (Lipinski definition) is 3. The number of aromatic nitrogens is 2. The van der Waals surface area contributed by atoms with E-state index in [1.54, 1.807) is 12.4 Å². The van der Waals surface area contributed by atoms with Crippen molar-refractivity contribution >= 4 is 22.4 Å². The Morgan fingerprint density at radius 2 is 2.17 bits per heavy atom. The van der Waals surface area contributed by atoms with E-state index in [1.165, 1.54) is 11.5 Å². The molecule has 2 heterocycles. The fraction of sp³-hybridized carbons (Fsp3) is 0.333. The van der Waals surface area contributed by atoms with Crippen molar-refractivity contribution in [1.82, 2.24) is 9.36 Å². The summed E-state index contributed by atoms with van der Waals surface area (Å²) in [6.45, 7) is 2.82. The summed E-state index contributed by atoms with van der Waals surface area (Å²) in [5.74, 6) is 0.712. The van der Waals surface area contributed by atoms with Crippen LogP contribution in [0.4, 0.5) is 10.8 Å². The van der Waals surface area contributed by atoms with E-state index in [1.807, 2.05) is 19.1 Å². The number of aliphatic hydroxyl groups is 1. The quantitative estimate of drug-likeness (QED) is 0.767. The van der Waals surface area contributed by atoms with E-state index >= 15 is 0 Å². The molecule has 2 rings (SSSR count). The van der Waals surface area contributed by atoms with Gasteiger partial charge in [-0.3, -0.25) is 4.98 Å². The summed E-state index contributed by atoms with van der Waals surface area (Å²) in [5.41, 5.74) is 7.81. The number of nitrogens with zero attached hydrogens (tertiary/aromatic N) is 2. The highest BCUT2D eigenvalue weighted by molar-refractivity contribution is 7.11. The highest BCUT2D eigenvalue weighted by Gasteiger charge is 2.13. The smallest absolute Gasteiger partial charge is 0.147 e. The Kier molecular flexibility index (Phi) is 4.11. The van der Waals surface area contributed by atoms with E-state index in [0.717, 1.165) is 16.1 Å². The van der Waals surface area contributed by atoms with Crippen molar-refractivity contribution in [2.45, 2.75) is 6.92 Å². The molecule has 2 aromatic heterocycles. The van der Waals surface area contributed by atoms with E-state index < -0.39 is 0 Å². The van der Waals surface area contributed by atoms with Gasteiger partial charge in [0.25, 0.3) is 0 Å². The van der Waals surface area contributed by atoms with Gasteiger partial charge >= 0.3 is 0 Å². The summed E-state index contributed by atoms with van der Waals surface area (Å²) < 4.78 is 4.17. The fourth-order valence-electron chi connectivity index (χ4n) is 1.55. The first-order chi connectivity index (χ1) is 8.72. The highest BCUT2D eigenvalue weighted by Crippen LogP contribution is 2.36. The highest BCUT2D eigenvalue weighted by atomic mass is 32.1. The second kappa shape index (κ2) is 5.79. The lowest BCUT2D eigenvalue weighted by atomic mass is 10.1. The van der Waals surface area contributed by atoms with Gasteiger partial charge in [-0.25, -0.2) is 0 Å². The molecule has 0 bridgehead atoms. The van der Waals surface area contributed by atoms with Crippen LogP contribution in [0.2, 0.25) is 0 Å². The average molecular weight is 264 g/mol. The minimum absolute atomic E-state index is 0.159. The zero-order valence-corrected chi connectivity index (χ0v) is 10.9. The molecule has 0 fully saturated rings. The number of hydrogen-bond acceptors (Lipinski definition) is 6. The van der Waals surface area contributed by atoms with Crippen LogP contribution in [0.5, 0.6) is 0 Å². The third kappa shape index (κ3) is 2.77. The van der Waals surface area contributed by atoms with E-state index in [4.69, 9.17) is 10.8 Å². The molecule has 1 atom stereocenters. The fourth-order valence-corrected chi connectivity index (χ4v) is 2.29. The van der Waals surface area contributed by atoms with Gasteiger partial charge in [-0.2, -0.15) is 4.37 Å². The molecular weight excluding hydrogens is 248 g/mol. The molecule has 1 unspecified atom stereocenters. The zero-order valence-electron chi connectivity index (χ0n) is 10.1. The lowest BCUT2D eigenvalue weighted by Crippen LogP contribution is -2.14. The van der Waals surface area contributed by atoms with E-state index in [2.05, 4.69) is 14.7 Å². The van der Waals surface area contributed by atoms with Crippen molar-refractivity contribution < 1.29 is 5.11 Å². The van der Waals surface area contributed by atoms with Gasteiger partial charge in [0, 0.05) is 25.5 Å². The van der Waals surface area contributed by atoms with E-state index in [0.29, 0.717) is 12.4 Å². The molecule has 6 heteroatoms. The maximum absolute atomic E-state index is 9.02. The molecule has 18 heavy (non-hydrogen) atoms. The van der Waals surface area contributed by atoms with Crippen molar-refractivity contribution in [2.75, 3.05) is 24.2 Å². The monoisotopic (exact) mass is 264 g/mol. The number of anilines is 2. The summed E-state index contributed by atoms with van der Waals surface area (Å²) in [7, 11) is 0. The van der Waals surface area contributed by atoms with E-state index in [-0.39, 0.29) is 12.5 Å². The molecular formula is C12H16N4OS. The lowest BCUT2D eigenvalue weighted by molar-refractivity contribution is 0.244. The van der Waals surface area contributed by atoms with Crippen LogP contribution in [-0.4, -0.2) is 27.6 Å². The number of rotatable bonds is 5. The van der Waals surface area contributed by atoms with Crippen molar-refractivity contribution in [3.05, 3.63) is 24.5 Å². The van der Waals surface area contributed by atoms with Gasteiger partial charge in [0.15, 0.2) is 0 Å². The molecule has 5 nitrogen and oxygen atoms in total. The van der Waals surface area contributed by atoms with Gasteiger partial charge < -0.3 is 16.2 Å². The minimum atomic E-state index is 0.159. The molecule has 0 aliphatic rings. The number of aliphatic hydroxyl groups excluding tert-OH is 1. The number of nitrogens with one attached hydrogen (secondary N) is 1. The molecule has 0 spiro atoms. The van der Waals surface area contributed by atoms with Crippen LogP contribution in [0.3, 0.4) is 0 Å². The third-order valence-electron chi connectivity index (χ3n) is 2.61. The van der Waals surface area contributed by atoms with Crippen molar-refractivity contribution in [1.29, 1.82) is 0 Å². The average Bonchev–Trinajstić information content (AvgIpc) is 2.78. The predicted molar refractivity (Wildman–Crippen MR) is 74.5 cm³/mol. The number of nitrogen functional groups attached to an aromatic ring is 1. The summed E-state index contributed by atoms with van der Waals surface area (Å²) in [4.78, 5) is 3.99. The van der Waals surface area contributed by atoms with Gasteiger partial charge in [0.1, 0.15) is 10.8 Å². The largest absolute Gasteiger partial charge is 0.396 e. The molecule has 96 valence electrons. The predicted octanol–water partition coefficient (Wildman–Crippen LogP) is 1.83. The normalized spacial score (nSPS) is 12.3. The van der Waals surface area contributed by atoms with Gasteiger partial charge in [-0.15, -0.1) is 0 Å². The standard InChI is InChI=1S/C12H16N4OS/c1-8(7-17)6-15-12-10(11(13)16-18-12)9-2-4-14-5-3-9/h2-5,8,15,17H,6-7H2,1H3,(H2,13,16). The maximum atomic E-state index is 9.02. The third-order valence-corrected chi connectivity index (χ3v) is 3.43. The van der Waals surface area contributed by atoms with Crippen LogP contribution in [-0.2, 0) is 0 Å². The molecule has 2 aromatic rings. The van der Waals surface area contributed by atoms with Crippen LogP contribution in [0.15, 0.2) is 24.5 Å². The van der Waals surface area contributed by atoms with Crippen molar-refractivity contribution in [3.8, 4) is 11.1 Å².